The number of rotatable bonds is 2. The molecule has 2 aromatic carbocycles. The standard InChI is InChI=1S/C18H14F3NO/c1-11-8-12-6-7-13(18(19,20)21)9-16(12)17(22-10-23)15-5-3-2-4-14(11)15/h2-10,17H,1H3,(H,22,23). The Morgan fingerprint density at radius 2 is 1.83 bits per heavy atom. The van der Waals surface area contributed by atoms with Crippen LogP contribution in [-0.4, -0.2) is 6.41 Å². The third-order valence-electron chi connectivity index (χ3n) is 4.03. The van der Waals surface area contributed by atoms with Crippen LogP contribution in [0.1, 0.15) is 40.8 Å². The average molecular weight is 317 g/mol. The van der Waals surface area contributed by atoms with Crippen molar-refractivity contribution in [1.29, 1.82) is 0 Å². The number of carbonyl (C=O) groups excluding carboxylic acids is 1. The highest BCUT2D eigenvalue weighted by molar-refractivity contribution is 5.85. The number of benzene rings is 2. The molecule has 2 aromatic rings. The van der Waals surface area contributed by atoms with E-state index in [1.165, 1.54) is 6.07 Å². The van der Waals surface area contributed by atoms with Gasteiger partial charge < -0.3 is 5.32 Å². The van der Waals surface area contributed by atoms with E-state index in [1.54, 1.807) is 0 Å². The number of allylic oxidation sites excluding steroid dienone is 1. The fourth-order valence-electron chi connectivity index (χ4n) is 2.97. The number of amides is 1. The van der Waals surface area contributed by atoms with Crippen LogP contribution in [0.25, 0.3) is 11.6 Å². The molecule has 1 aliphatic carbocycles. The lowest BCUT2D eigenvalue weighted by molar-refractivity contribution is -0.137. The maximum absolute atomic E-state index is 13.0. The Morgan fingerprint density at radius 3 is 2.52 bits per heavy atom. The van der Waals surface area contributed by atoms with Crippen molar-refractivity contribution >= 4 is 18.1 Å². The highest BCUT2D eigenvalue weighted by atomic mass is 19.4. The molecule has 0 saturated carbocycles. The first kappa shape index (κ1) is 15.3. The zero-order valence-corrected chi connectivity index (χ0v) is 12.3. The Morgan fingerprint density at radius 1 is 1.09 bits per heavy atom. The Bertz CT molecular complexity index is 793. The Kier molecular flexibility index (Phi) is 3.72. The number of alkyl halides is 3. The average Bonchev–Trinajstić information content (AvgIpc) is 2.62. The maximum Gasteiger partial charge on any atom is 0.416 e. The topological polar surface area (TPSA) is 29.1 Å². The molecule has 0 radical (unpaired) electrons. The Labute approximate surface area is 131 Å². The summed E-state index contributed by atoms with van der Waals surface area (Å²) in [5.41, 5.74) is 3.03. The van der Waals surface area contributed by atoms with Gasteiger partial charge in [-0.05, 0) is 46.9 Å². The van der Waals surface area contributed by atoms with Crippen molar-refractivity contribution in [1.82, 2.24) is 5.32 Å². The van der Waals surface area contributed by atoms with Gasteiger partial charge in [-0.3, -0.25) is 4.79 Å². The van der Waals surface area contributed by atoms with Gasteiger partial charge >= 0.3 is 6.18 Å². The van der Waals surface area contributed by atoms with Crippen LogP contribution in [0.3, 0.4) is 0 Å². The van der Waals surface area contributed by atoms with Gasteiger partial charge in [-0.25, -0.2) is 0 Å². The molecule has 1 aliphatic rings. The largest absolute Gasteiger partial charge is 0.416 e. The van der Waals surface area contributed by atoms with Crippen molar-refractivity contribution < 1.29 is 18.0 Å². The molecule has 1 amide bonds. The smallest absolute Gasteiger partial charge is 0.348 e. The van der Waals surface area contributed by atoms with E-state index in [2.05, 4.69) is 5.32 Å². The first-order chi connectivity index (χ1) is 10.9. The predicted octanol–water partition coefficient (Wildman–Crippen LogP) is 4.41. The monoisotopic (exact) mass is 317 g/mol. The van der Waals surface area contributed by atoms with Gasteiger partial charge in [0.2, 0.25) is 6.41 Å². The van der Waals surface area contributed by atoms with E-state index < -0.39 is 17.8 Å². The second-order valence-corrected chi connectivity index (χ2v) is 5.47. The fraction of sp³-hybridized carbons (Fsp3) is 0.167. The molecule has 1 unspecified atom stereocenters. The molecule has 0 spiro atoms. The van der Waals surface area contributed by atoms with Crippen LogP contribution >= 0.6 is 0 Å². The number of nitrogens with one attached hydrogen (secondary N) is 1. The predicted molar refractivity (Wildman–Crippen MR) is 82.5 cm³/mol. The van der Waals surface area contributed by atoms with E-state index in [0.29, 0.717) is 17.5 Å². The van der Waals surface area contributed by atoms with Gasteiger partial charge in [0.15, 0.2) is 0 Å². The molecular weight excluding hydrogens is 303 g/mol. The van der Waals surface area contributed by atoms with Crippen LogP contribution in [0.5, 0.6) is 0 Å². The number of carbonyl (C=O) groups is 1. The number of hydrogen-bond acceptors (Lipinski definition) is 1. The van der Waals surface area contributed by atoms with Crippen LogP contribution in [0.2, 0.25) is 0 Å². The van der Waals surface area contributed by atoms with Gasteiger partial charge in [-0.2, -0.15) is 13.2 Å². The molecule has 1 N–H and O–H groups in total. The Hall–Kier alpha value is -2.56. The molecule has 3 rings (SSSR count). The first-order valence-corrected chi connectivity index (χ1v) is 7.10. The molecule has 0 bridgehead atoms. The normalized spacial score (nSPS) is 16.7. The third kappa shape index (κ3) is 2.74. The number of hydrogen-bond donors (Lipinski definition) is 1. The Balaban J connectivity index is 2.27. The lowest BCUT2D eigenvalue weighted by atomic mass is 9.92. The minimum absolute atomic E-state index is 0.441. The van der Waals surface area contributed by atoms with Crippen LogP contribution in [0.15, 0.2) is 42.5 Å². The highest BCUT2D eigenvalue weighted by Crippen LogP contribution is 2.39. The van der Waals surface area contributed by atoms with Gasteiger partial charge in [0.05, 0.1) is 11.6 Å². The summed E-state index contributed by atoms with van der Waals surface area (Å²) in [5, 5.41) is 2.65. The van der Waals surface area contributed by atoms with Crippen molar-refractivity contribution in [3.63, 3.8) is 0 Å². The number of fused-ring (bicyclic) bond motifs is 2. The summed E-state index contributed by atoms with van der Waals surface area (Å²) >= 11 is 0. The molecule has 1 atom stereocenters. The van der Waals surface area contributed by atoms with Gasteiger partial charge in [-0.1, -0.05) is 36.4 Å². The van der Waals surface area contributed by atoms with Crippen LogP contribution in [0, 0.1) is 0 Å². The van der Waals surface area contributed by atoms with E-state index in [4.69, 9.17) is 0 Å². The summed E-state index contributed by atoms with van der Waals surface area (Å²) in [6.45, 7) is 1.91. The lowest BCUT2D eigenvalue weighted by Gasteiger charge is -2.21. The number of halogens is 3. The molecule has 23 heavy (non-hydrogen) atoms. The zero-order chi connectivity index (χ0) is 16.6. The summed E-state index contributed by atoms with van der Waals surface area (Å²) < 4.78 is 39.1. The molecule has 0 fully saturated rings. The molecule has 2 nitrogen and oxygen atoms in total. The van der Waals surface area contributed by atoms with Crippen LogP contribution in [0.4, 0.5) is 13.2 Å². The van der Waals surface area contributed by atoms with Crippen molar-refractivity contribution in [3.8, 4) is 0 Å². The lowest BCUT2D eigenvalue weighted by Crippen LogP contribution is -2.22. The molecule has 5 heteroatoms. The fourth-order valence-corrected chi connectivity index (χ4v) is 2.97. The summed E-state index contributed by atoms with van der Waals surface area (Å²) in [5.74, 6) is 0. The van der Waals surface area contributed by atoms with E-state index in [-0.39, 0.29) is 0 Å². The molecule has 0 heterocycles. The van der Waals surface area contributed by atoms with E-state index in [9.17, 15) is 18.0 Å². The summed E-state index contributed by atoms with van der Waals surface area (Å²) in [6, 6.07) is 10.4. The quantitative estimate of drug-likeness (QED) is 0.817. The van der Waals surface area contributed by atoms with Gasteiger partial charge in [0.1, 0.15) is 0 Å². The third-order valence-corrected chi connectivity index (χ3v) is 4.03. The zero-order valence-electron chi connectivity index (χ0n) is 12.3. The van der Waals surface area contributed by atoms with Crippen molar-refractivity contribution in [2.75, 3.05) is 0 Å². The molecular formula is C18H14F3NO. The van der Waals surface area contributed by atoms with E-state index >= 15 is 0 Å². The molecule has 0 saturated heterocycles. The minimum atomic E-state index is -4.43. The van der Waals surface area contributed by atoms with Crippen LogP contribution < -0.4 is 5.32 Å². The first-order valence-electron chi connectivity index (χ1n) is 7.10. The summed E-state index contributed by atoms with van der Waals surface area (Å²) in [4.78, 5) is 11.0. The van der Waals surface area contributed by atoms with Crippen LogP contribution in [-0.2, 0) is 11.0 Å². The minimum Gasteiger partial charge on any atom is -0.348 e. The van der Waals surface area contributed by atoms with Gasteiger partial charge in [0, 0.05) is 0 Å². The van der Waals surface area contributed by atoms with Gasteiger partial charge in [0.25, 0.3) is 0 Å². The van der Waals surface area contributed by atoms with E-state index in [0.717, 1.165) is 28.8 Å². The molecule has 0 aromatic heterocycles. The van der Waals surface area contributed by atoms with E-state index in [1.807, 2.05) is 37.3 Å². The second-order valence-electron chi connectivity index (χ2n) is 5.47. The van der Waals surface area contributed by atoms with Crippen molar-refractivity contribution in [2.45, 2.75) is 19.1 Å². The molecule has 118 valence electrons. The van der Waals surface area contributed by atoms with Gasteiger partial charge in [-0.15, -0.1) is 0 Å². The maximum atomic E-state index is 13.0. The SMILES string of the molecule is CC1=Cc2ccc(C(F)(F)F)cc2C(NC=O)c2ccccc21. The summed E-state index contributed by atoms with van der Waals surface area (Å²) in [6.07, 6.45) is -2.06. The second kappa shape index (κ2) is 5.57. The van der Waals surface area contributed by atoms with Crippen molar-refractivity contribution in [3.05, 3.63) is 70.3 Å². The summed E-state index contributed by atoms with van der Waals surface area (Å²) in [7, 11) is 0. The molecule has 0 aliphatic heterocycles. The van der Waals surface area contributed by atoms with Crippen molar-refractivity contribution in [2.24, 2.45) is 0 Å². The highest BCUT2D eigenvalue weighted by Gasteiger charge is 2.32.